The number of rotatable bonds is 32. The van der Waals surface area contributed by atoms with Crippen LogP contribution in [0.4, 0.5) is 0 Å². The van der Waals surface area contributed by atoms with Crippen molar-refractivity contribution in [1.82, 2.24) is 5.32 Å². The third-order valence-corrected chi connectivity index (χ3v) is 8.42. The molecule has 0 aromatic carbocycles. The van der Waals surface area contributed by atoms with Crippen molar-refractivity contribution >= 4 is 5.91 Å². The number of carbonyl (C=O) groups is 1. The van der Waals surface area contributed by atoms with Gasteiger partial charge in [-0.25, -0.2) is 0 Å². The van der Waals surface area contributed by atoms with E-state index in [9.17, 15) is 20.1 Å². The van der Waals surface area contributed by atoms with E-state index in [2.05, 4.69) is 19.2 Å². The quantitative estimate of drug-likeness (QED) is 0.0608. The first kappa shape index (κ1) is 39.4. The molecule has 0 fully saturated rings. The van der Waals surface area contributed by atoms with Crippen molar-refractivity contribution in [3.63, 3.8) is 0 Å². The van der Waals surface area contributed by atoms with Crippen molar-refractivity contribution in [3.05, 3.63) is 0 Å². The molecule has 0 saturated carbocycles. The van der Waals surface area contributed by atoms with E-state index in [1.807, 2.05) is 0 Å². The Hall–Kier alpha value is -0.650. The van der Waals surface area contributed by atoms with E-state index in [1.54, 1.807) is 0 Å². The largest absolute Gasteiger partial charge is 0.394 e. The summed E-state index contributed by atoms with van der Waals surface area (Å²) >= 11 is 0. The van der Waals surface area contributed by atoms with Crippen molar-refractivity contribution < 1.29 is 20.1 Å². The van der Waals surface area contributed by atoms with E-state index in [0.717, 1.165) is 25.7 Å². The van der Waals surface area contributed by atoms with Gasteiger partial charge in [0, 0.05) is 0 Å². The lowest BCUT2D eigenvalue weighted by Gasteiger charge is -2.23. The number of unbranched alkanes of at least 4 members (excludes halogenated alkanes) is 23. The highest BCUT2D eigenvalue weighted by Gasteiger charge is 2.21. The second-order valence-electron chi connectivity index (χ2n) is 12.5. The van der Waals surface area contributed by atoms with Gasteiger partial charge in [-0.05, 0) is 12.8 Å². The van der Waals surface area contributed by atoms with Crippen LogP contribution in [0.25, 0.3) is 0 Å². The van der Waals surface area contributed by atoms with Crippen molar-refractivity contribution in [3.8, 4) is 0 Å². The lowest BCUT2D eigenvalue weighted by atomic mass is 10.0. The number of hydrogen-bond donors (Lipinski definition) is 4. The average Bonchev–Trinajstić information content (AvgIpc) is 2.94. The number of hydrogen-bond acceptors (Lipinski definition) is 4. The predicted molar refractivity (Wildman–Crippen MR) is 172 cm³/mol. The van der Waals surface area contributed by atoms with Crippen LogP contribution in [0, 0.1) is 0 Å². The molecule has 0 aliphatic heterocycles. The van der Waals surface area contributed by atoms with Crippen molar-refractivity contribution in [1.29, 1.82) is 0 Å². The van der Waals surface area contributed by atoms with E-state index in [1.165, 1.54) is 135 Å². The standard InChI is InChI=1S/C35H71NO4/c1-3-5-7-9-11-13-15-17-19-21-23-25-27-29-34(39)33(31-37)36-35(40)30-32(38)28-26-24-22-20-18-16-14-12-10-8-6-4-2/h32-34,37-39H,3-31H2,1-2H3,(H,36,40). The zero-order valence-corrected chi connectivity index (χ0v) is 27.0. The molecule has 5 heteroatoms. The summed E-state index contributed by atoms with van der Waals surface area (Å²) in [5, 5.41) is 33.1. The Morgan fingerprint density at radius 2 is 0.850 bits per heavy atom. The summed E-state index contributed by atoms with van der Waals surface area (Å²) in [7, 11) is 0. The topological polar surface area (TPSA) is 89.8 Å². The summed E-state index contributed by atoms with van der Waals surface area (Å²) in [6, 6.07) is -0.649. The minimum absolute atomic E-state index is 0.0417. The van der Waals surface area contributed by atoms with Gasteiger partial charge in [-0.3, -0.25) is 4.79 Å². The number of amides is 1. The summed E-state index contributed by atoms with van der Waals surface area (Å²) < 4.78 is 0. The van der Waals surface area contributed by atoms with Crippen molar-refractivity contribution in [2.24, 2.45) is 0 Å². The maximum Gasteiger partial charge on any atom is 0.222 e. The van der Waals surface area contributed by atoms with E-state index in [4.69, 9.17) is 0 Å². The first-order valence-electron chi connectivity index (χ1n) is 17.8. The molecule has 0 spiro atoms. The maximum atomic E-state index is 12.3. The van der Waals surface area contributed by atoms with E-state index in [0.29, 0.717) is 12.8 Å². The Morgan fingerprint density at radius 1 is 0.525 bits per heavy atom. The summed E-state index contributed by atoms with van der Waals surface area (Å²) in [5.74, 6) is -0.282. The second kappa shape index (κ2) is 31.3. The third kappa shape index (κ3) is 27.5. The Balaban J connectivity index is 3.67. The van der Waals surface area contributed by atoms with Crippen LogP contribution in [0.15, 0.2) is 0 Å². The zero-order chi connectivity index (χ0) is 29.5. The van der Waals surface area contributed by atoms with Crippen LogP contribution in [0.1, 0.15) is 194 Å². The third-order valence-electron chi connectivity index (χ3n) is 8.42. The van der Waals surface area contributed by atoms with Crippen LogP contribution in [0.2, 0.25) is 0 Å². The van der Waals surface area contributed by atoms with Gasteiger partial charge in [-0.1, -0.05) is 174 Å². The molecule has 0 heterocycles. The van der Waals surface area contributed by atoms with E-state index >= 15 is 0 Å². The molecule has 240 valence electrons. The molecule has 0 aliphatic rings. The molecule has 3 atom stereocenters. The molecule has 5 nitrogen and oxygen atoms in total. The molecule has 0 rings (SSSR count). The normalized spacial score (nSPS) is 13.8. The van der Waals surface area contributed by atoms with E-state index < -0.39 is 18.2 Å². The molecule has 0 aromatic heterocycles. The smallest absolute Gasteiger partial charge is 0.222 e. The fourth-order valence-corrected chi connectivity index (χ4v) is 5.64. The Bertz CT molecular complexity index is 516. The number of nitrogens with one attached hydrogen (secondary N) is 1. The number of carbonyl (C=O) groups excluding carboxylic acids is 1. The minimum atomic E-state index is -0.741. The van der Waals surface area contributed by atoms with Gasteiger partial charge in [0.1, 0.15) is 0 Å². The maximum absolute atomic E-state index is 12.3. The summed E-state index contributed by atoms with van der Waals surface area (Å²) in [4.78, 5) is 12.3. The molecule has 1 amide bonds. The first-order chi connectivity index (χ1) is 19.5. The molecule has 0 radical (unpaired) electrons. The summed E-state index contributed by atoms with van der Waals surface area (Å²) in [6.45, 7) is 4.24. The fraction of sp³-hybridized carbons (Fsp3) is 0.971. The fourth-order valence-electron chi connectivity index (χ4n) is 5.64. The Labute approximate surface area is 249 Å². The highest BCUT2D eigenvalue weighted by Crippen LogP contribution is 2.16. The second-order valence-corrected chi connectivity index (χ2v) is 12.5. The van der Waals surface area contributed by atoms with Gasteiger partial charge in [0.05, 0.1) is 31.3 Å². The highest BCUT2D eigenvalue weighted by atomic mass is 16.3. The summed E-state index contributed by atoms with van der Waals surface area (Å²) in [5.41, 5.74) is 0. The van der Waals surface area contributed by atoms with Gasteiger partial charge in [0.2, 0.25) is 5.91 Å². The number of aliphatic hydroxyl groups excluding tert-OH is 3. The molecule has 4 N–H and O–H groups in total. The lowest BCUT2D eigenvalue weighted by molar-refractivity contribution is -0.125. The van der Waals surface area contributed by atoms with Crippen LogP contribution < -0.4 is 5.32 Å². The van der Waals surface area contributed by atoms with Crippen LogP contribution in [0.3, 0.4) is 0 Å². The lowest BCUT2D eigenvalue weighted by Crippen LogP contribution is -2.46. The molecular weight excluding hydrogens is 498 g/mol. The highest BCUT2D eigenvalue weighted by molar-refractivity contribution is 5.76. The van der Waals surface area contributed by atoms with Gasteiger partial charge in [-0.15, -0.1) is 0 Å². The Kier molecular flexibility index (Phi) is 30.8. The number of aliphatic hydroxyl groups is 3. The summed E-state index contributed by atoms with van der Waals surface area (Å²) in [6.07, 6.45) is 31.9. The van der Waals surface area contributed by atoms with Crippen molar-refractivity contribution in [2.45, 2.75) is 212 Å². The molecule has 3 unspecified atom stereocenters. The zero-order valence-electron chi connectivity index (χ0n) is 27.0. The average molecular weight is 570 g/mol. The van der Waals surface area contributed by atoms with Crippen LogP contribution in [-0.2, 0) is 4.79 Å². The molecule has 40 heavy (non-hydrogen) atoms. The Morgan fingerprint density at radius 3 is 1.20 bits per heavy atom. The van der Waals surface area contributed by atoms with Gasteiger partial charge in [0.25, 0.3) is 0 Å². The van der Waals surface area contributed by atoms with Crippen LogP contribution >= 0.6 is 0 Å². The SMILES string of the molecule is CCCCCCCCCCCCCCCC(O)C(CO)NC(=O)CC(O)CCCCCCCCCCCCCC. The first-order valence-corrected chi connectivity index (χ1v) is 17.8. The minimum Gasteiger partial charge on any atom is -0.394 e. The molecule has 0 aromatic rings. The molecule has 0 aliphatic carbocycles. The van der Waals surface area contributed by atoms with Crippen LogP contribution in [-0.4, -0.2) is 46.1 Å². The van der Waals surface area contributed by atoms with Crippen molar-refractivity contribution in [2.75, 3.05) is 6.61 Å². The van der Waals surface area contributed by atoms with Gasteiger partial charge < -0.3 is 20.6 Å². The monoisotopic (exact) mass is 570 g/mol. The molecule has 0 saturated heterocycles. The van der Waals surface area contributed by atoms with E-state index in [-0.39, 0.29) is 18.9 Å². The predicted octanol–water partition coefficient (Wildman–Crippen LogP) is 9.15. The van der Waals surface area contributed by atoms with Gasteiger partial charge >= 0.3 is 0 Å². The van der Waals surface area contributed by atoms with Gasteiger partial charge in [0.15, 0.2) is 0 Å². The molecule has 0 bridgehead atoms. The van der Waals surface area contributed by atoms with Crippen LogP contribution in [0.5, 0.6) is 0 Å². The molecular formula is C35H71NO4. The van der Waals surface area contributed by atoms with Gasteiger partial charge in [-0.2, -0.15) is 0 Å².